The number of hydrogen-bond acceptors (Lipinski definition) is 5. The maximum atomic E-state index is 12.3. The summed E-state index contributed by atoms with van der Waals surface area (Å²) in [5.41, 5.74) is 6.94. The Bertz CT molecular complexity index is 525. The second-order valence-corrected chi connectivity index (χ2v) is 5.95. The van der Waals surface area contributed by atoms with Crippen molar-refractivity contribution in [3.63, 3.8) is 0 Å². The van der Waals surface area contributed by atoms with Gasteiger partial charge >= 0.3 is 0 Å². The van der Waals surface area contributed by atoms with E-state index in [1.807, 2.05) is 6.92 Å². The highest BCUT2D eigenvalue weighted by atomic mass is 16.5. The van der Waals surface area contributed by atoms with Crippen LogP contribution in [0.1, 0.15) is 38.8 Å². The number of carbonyl (C=O) groups is 1. The number of carbonyl (C=O) groups excluding carboxylic acids is 1. The van der Waals surface area contributed by atoms with Gasteiger partial charge in [0.1, 0.15) is 11.5 Å². The number of hydrogen-bond donors (Lipinski definition) is 4. The van der Waals surface area contributed by atoms with Gasteiger partial charge in [-0.05, 0) is 39.0 Å². The number of phenolic OH excluding ortho intramolecular Hbond substituents is 1. The fourth-order valence-electron chi connectivity index (χ4n) is 2.86. The Morgan fingerprint density at radius 2 is 2.00 bits per heavy atom. The van der Waals surface area contributed by atoms with E-state index >= 15 is 0 Å². The molecule has 1 aromatic rings. The lowest BCUT2D eigenvalue weighted by atomic mass is 9.92. The van der Waals surface area contributed by atoms with Crippen LogP contribution in [-0.2, 0) is 4.79 Å². The molecule has 122 valence electrons. The maximum Gasteiger partial charge on any atom is 0.220 e. The summed E-state index contributed by atoms with van der Waals surface area (Å²) in [4.78, 5) is 12.3. The Labute approximate surface area is 131 Å². The summed E-state index contributed by atoms with van der Waals surface area (Å²) < 4.78 is 5.16. The molecule has 6 nitrogen and oxygen atoms in total. The summed E-state index contributed by atoms with van der Waals surface area (Å²) in [7, 11) is 1.57. The van der Waals surface area contributed by atoms with Gasteiger partial charge < -0.3 is 15.2 Å². The second-order valence-electron chi connectivity index (χ2n) is 5.95. The number of aromatic hydroxyl groups is 1. The van der Waals surface area contributed by atoms with E-state index in [9.17, 15) is 9.90 Å². The van der Waals surface area contributed by atoms with Gasteiger partial charge in [-0.3, -0.25) is 15.6 Å². The van der Waals surface area contributed by atoms with Gasteiger partial charge in [-0.25, -0.2) is 0 Å². The Morgan fingerprint density at radius 3 is 2.59 bits per heavy atom. The lowest BCUT2D eigenvalue weighted by Gasteiger charge is -2.20. The Morgan fingerprint density at radius 1 is 1.36 bits per heavy atom. The average Bonchev–Trinajstić information content (AvgIpc) is 2.79. The van der Waals surface area contributed by atoms with Gasteiger partial charge in [-0.2, -0.15) is 0 Å². The normalized spacial score (nSPS) is 25.7. The van der Waals surface area contributed by atoms with Gasteiger partial charge in [-0.15, -0.1) is 0 Å². The first kappa shape index (κ1) is 16.6. The number of rotatable bonds is 5. The molecule has 6 heteroatoms. The summed E-state index contributed by atoms with van der Waals surface area (Å²) in [5, 5.41) is 12.9. The SMILES string of the molecule is COc1ccc(O)c(C(C)NC(=O)CC2C(C)NNC2C)c1. The average molecular weight is 307 g/mol. The molecule has 1 aliphatic rings. The third-order valence-corrected chi connectivity index (χ3v) is 4.32. The molecule has 0 spiro atoms. The maximum absolute atomic E-state index is 12.3. The van der Waals surface area contributed by atoms with Crippen LogP contribution in [0.25, 0.3) is 0 Å². The Hall–Kier alpha value is -1.79. The summed E-state index contributed by atoms with van der Waals surface area (Å²) in [6.45, 7) is 5.97. The zero-order valence-corrected chi connectivity index (χ0v) is 13.5. The molecular weight excluding hydrogens is 282 g/mol. The van der Waals surface area contributed by atoms with Gasteiger partial charge in [0.05, 0.1) is 13.2 Å². The number of phenols is 1. The van der Waals surface area contributed by atoms with Crippen molar-refractivity contribution >= 4 is 5.91 Å². The van der Waals surface area contributed by atoms with Crippen molar-refractivity contribution in [3.05, 3.63) is 23.8 Å². The monoisotopic (exact) mass is 307 g/mol. The standard InChI is InChI=1S/C16H25N3O3/c1-9(14-7-12(22-4)5-6-15(14)20)17-16(21)8-13-10(2)18-19-11(13)3/h5-7,9-11,13,18-20H,8H2,1-4H3,(H,17,21). The molecule has 1 amide bonds. The lowest BCUT2D eigenvalue weighted by molar-refractivity contribution is -0.122. The molecule has 0 bridgehead atoms. The van der Waals surface area contributed by atoms with Gasteiger partial charge in [0.25, 0.3) is 0 Å². The quantitative estimate of drug-likeness (QED) is 0.662. The van der Waals surface area contributed by atoms with E-state index < -0.39 is 0 Å². The van der Waals surface area contributed by atoms with Crippen LogP contribution in [0, 0.1) is 5.92 Å². The highest BCUT2D eigenvalue weighted by Gasteiger charge is 2.31. The number of benzene rings is 1. The highest BCUT2D eigenvalue weighted by molar-refractivity contribution is 5.77. The van der Waals surface area contributed by atoms with E-state index in [4.69, 9.17) is 4.74 Å². The fourth-order valence-corrected chi connectivity index (χ4v) is 2.86. The van der Waals surface area contributed by atoms with Gasteiger partial charge in [0.2, 0.25) is 5.91 Å². The first-order valence-corrected chi connectivity index (χ1v) is 7.59. The third-order valence-electron chi connectivity index (χ3n) is 4.32. The highest BCUT2D eigenvalue weighted by Crippen LogP contribution is 2.28. The molecule has 1 saturated heterocycles. The van der Waals surface area contributed by atoms with Crippen LogP contribution in [0.15, 0.2) is 18.2 Å². The topological polar surface area (TPSA) is 82.6 Å². The van der Waals surface area contributed by atoms with Gasteiger partial charge in [0.15, 0.2) is 0 Å². The van der Waals surface area contributed by atoms with Crippen LogP contribution < -0.4 is 20.9 Å². The predicted octanol–water partition coefficient (Wildman–Crippen LogP) is 1.47. The smallest absolute Gasteiger partial charge is 0.220 e. The minimum atomic E-state index is -0.282. The van der Waals surface area contributed by atoms with Gasteiger partial charge in [0, 0.05) is 30.0 Å². The molecule has 0 aromatic heterocycles. The van der Waals surface area contributed by atoms with E-state index in [1.165, 1.54) is 0 Å². The number of hydrazine groups is 1. The van der Waals surface area contributed by atoms with Crippen LogP contribution in [0.5, 0.6) is 11.5 Å². The molecular formula is C16H25N3O3. The van der Waals surface area contributed by atoms with E-state index in [0.29, 0.717) is 17.7 Å². The molecule has 1 fully saturated rings. The van der Waals surface area contributed by atoms with Crippen molar-refractivity contribution in [1.29, 1.82) is 0 Å². The molecule has 1 heterocycles. The zero-order chi connectivity index (χ0) is 16.3. The molecule has 0 saturated carbocycles. The van der Waals surface area contributed by atoms with Crippen LogP contribution in [-0.4, -0.2) is 30.2 Å². The molecule has 22 heavy (non-hydrogen) atoms. The molecule has 3 atom stereocenters. The van der Waals surface area contributed by atoms with Crippen molar-refractivity contribution < 1.29 is 14.6 Å². The molecule has 1 aliphatic heterocycles. The summed E-state index contributed by atoms with van der Waals surface area (Å²) in [5.74, 6) is 1.02. The first-order chi connectivity index (χ1) is 10.4. The van der Waals surface area contributed by atoms with E-state index in [0.717, 1.165) is 0 Å². The zero-order valence-electron chi connectivity index (χ0n) is 13.5. The van der Waals surface area contributed by atoms with E-state index in [-0.39, 0.29) is 35.7 Å². The molecule has 0 aliphatic carbocycles. The number of nitrogens with one attached hydrogen (secondary N) is 3. The summed E-state index contributed by atoms with van der Waals surface area (Å²) >= 11 is 0. The van der Waals surface area contributed by atoms with Gasteiger partial charge in [-0.1, -0.05) is 0 Å². The van der Waals surface area contributed by atoms with Crippen LogP contribution >= 0.6 is 0 Å². The summed E-state index contributed by atoms with van der Waals surface area (Å²) in [6, 6.07) is 5.22. The summed E-state index contributed by atoms with van der Waals surface area (Å²) in [6.07, 6.45) is 0.442. The largest absolute Gasteiger partial charge is 0.508 e. The number of methoxy groups -OCH3 is 1. The van der Waals surface area contributed by atoms with Crippen molar-refractivity contribution in [1.82, 2.24) is 16.2 Å². The molecule has 2 rings (SSSR count). The first-order valence-electron chi connectivity index (χ1n) is 7.59. The second kappa shape index (κ2) is 6.98. The minimum absolute atomic E-state index is 0.0241. The Balaban J connectivity index is 1.99. The molecule has 0 radical (unpaired) electrons. The third kappa shape index (κ3) is 3.69. The minimum Gasteiger partial charge on any atom is -0.508 e. The predicted molar refractivity (Wildman–Crippen MR) is 84.5 cm³/mol. The lowest BCUT2D eigenvalue weighted by Crippen LogP contribution is -2.33. The molecule has 1 aromatic carbocycles. The van der Waals surface area contributed by atoms with Crippen molar-refractivity contribution in [2.45, 2.75) is 45.3 Å². The van der Waals surface area contributed by atoms with E-state index in [1.54, 1.807) is 25.3 Å². The van der Waals surface area contributed by atoms with Crippen molar-refractivity contribution in [2.24, 2.45) is 5.92 Å². The molecule has 3 unspecified atom stereocenters. The van der Waals surface area contributed by atoms with Crippen LogP contribution in [0.3, 0.4) is 0 Å². The fraction of sp³-hybridized carbons (Fsp3) is 0.562. The Kier molecular flexibility index (Phi) is 5.26. The van der Waals surface area contributed by atoms with Crippen molar-refractivity contribution in [3.8, 4) is 11.5 Å². The number of amides is 1. The number of ether oxygens (including phenoxy) is 1. The van der Waals surface area contributed by atoms with Crippen molar-refractivity contribution in [2.75, 3.05) is 7.11 Å². The van der Waals surface area contributed by atoms with Crippen LogP contribution in [0.4, 0.5) is 0 Å². The molecule has 4 N–H and O–H groups in total. The van der Waals surface area contributed by atoms with Crippen LogP contribution in [0.2, 0.25) is 0 Å². The van der Waals surface area contributed by atoms with E-state index in [2.05, 4.69) is 30.0 Å².